The van der Waals surface area contributed by atoms with Crippen molar-refractivity contribution in [1.82, 2.24) is 14.7 Å². The number of carbonyl (C=O) groups is 2. The van der Waals surface area contributed by atoms with Gasteiger partial charge in [-0.15, -0.1) is 11.3 Å². The maximum absolute atomic E-state index is 13.5. The second kappa shape index (κ2) is 10.5. The van der Waals surface area contributed by atoms with Gasteiger partial charge >= 0.3 is 0 Å². The van der Waals surface area contributed by atoms with Crippen LogP contribution >= 0.6 is 22.9 Å². The molecule has 1 fully saturated rings. The molecule has 1 atom stereocenters. The molecule has 0 saturated carbocycles. The second-order valence-corrected chi connectivity index (χ2v) is 10.7. The van der Waals surface area contributed by atoms with Gasteiger partial charge in [0.15, 0.2) is 0 Å². The maximum atomic E-state index is 13.5. The summed E-state index contributed by atoms with van der Waals surface area (Å²) < 4.78 is 0. The Morgan fingerprint density at radius 1 is 0.914 bits per heavy atom. The molecule has 2 aromatic carbocycles. The molecule has 3 aromatic rings. The van der Waals surface area contributed by atoms with E-state index >= 15 is 0 Å². The number of rotatable bonds is 4. The first-order valence-corrected chi connectivity index (χ1v) is 13.5. The summed E-state index contributed by atoms with van der Waals surface area (Å²) in [6.45, 7) is 5.75. The molecule has 3 heterocycles. The third-order valence-electron chi connectivity index (χ3n) is 7.13. The molecule has 1 saturated heterocycles. The largest absolute Gasteiger partial charge is 0.340 e. The van der Waals surface area contributed by atoms with Gasteiger partial charge in [-0.25, -0.2) is 0 Å². The quantitative estimate of drug-likeness (QED) is 0.497. The van der Waals surface area contributed by atoms with Crippen LogP contribution in [0.1, 0.15) is 44.4 Å². The Bertz CT molecular complexity index is 1230. The summed E-state index contributed by atoms with van der Waals surface area (Å²) in [6, 6.07) is 18.0. The third kappa shape index (κ3) is 5.01. The fraction of sp³-hybridized carbons (Fsp3) is 0.357. The van der Waals surface area contributed by atoms with E-state index in [9.17, 15) is 9.59 Å². The van der Waals surface area contributed by atoms with Crippen LogP contribution in [0.3, 0.4) is 0 Å². The van der Waals surface area contributed by atoms with Crippen molar-refractivity contribution in [2.75, 3.05) is 39.3 Å². The molecule has 5 rings (SSSR count). The van der Waals surface area contributed by atoms with Crippen LogP contribution in [0, 0.1) is 6.92 Å². The number of aryl methyl sites for hydroxylation is 1. The first-order chi connectivity index (χ1) is 17.0. The van der Waals surface area contributed by atoms with Gasteiger partial charge in [0.05, 0.1) is 23.2 Å². The van der Waals surface area contributed by atoms with Gasteiger partial charge in [-0.3, -0.25) is 14.5 Å². The van der Waals surface area contributed by atoms with Crippen molar-refractivity contribution in [3.05, 3.63) is 92.1 Å². The summed E-state index contributed by atoms with van der Waals surface area (Å²) in [7, 11) is 0. The average Bonchev–Trinajstić information content (AvgIpc) is 3.20. The van der Waals surface area contributed by atoms with Gasteiger partial charge in [0, 0.05) is 37.6 Å². The van der Waals surface area contributed by atoms with Crippen molar-refractivity contribution >= 4 is 34.8 Å². The van der Waals surface area contributed by atoms with E-state index in [1.807, 2.05) is 33.3 Å². The fourth-order valence-corrected chi connectivity index (χ4v) is 6.37. The SMILES string of the molecule is Cc1ccccc1[C@@H]1c2ccsc2CCN1CC(=O)N1CCCN(C(=O)c2ccccc2Cl)CC1. The minimum absolute atomic E-state index is 0.0643. The first kappa shape index (κ1) is 24.0. The molecule has 7 heteroatoms. The molecule has 0 N–H and O–H groups in total. The number of hydrogen-bond acceptors (Lipinski definition) is 4. The van der Waals surface area contributed by atoms with Crippen molar-refractivity contribution in [2.45, 2.75) is 25.8 Å². The molecule has 5 nitrogen and oxygen atoms in total. The summed E-state index contributed by atoms with van der Waals surface area (Å²) in [5.41, 5.74) is 4.37. The third-order valence-corrected chi connectivity index (χ3v) is 8.45. The number of benzene rings is 2. The molecular formula is C28H30ClN3O2S. The highest BCUT2D eigenvalue weighted by atomic mass is 35.5. The Morgan fingerprint density at radius 3 is 2.49 bits per heavy atom. The highest BCUT2D eigenvalue weighted by Crippen LogP contribution is 2.38. The van der Waals surface area contributed by atoms with Gasteiger partial charge in [0.2, 0.25) is 5.91 Å². The van der Waals surface area contributed by atoms with Crippen molar-refractivity contribution in [2.24, 2.45) is 0 Å². The fourth-order valence-electron chi connectivity index (χ4n) is 5.25. The topological polar surface area (TPSA) is 43.9 Å². The lowest BCUT2D eigenvalue weighted by molar-refractivity contribution is -0.132. The van der Waals surface area contributed by atoms with Gasteiger partial charge in [-0.2, -0.15) is 0 Å². The smallest absolute Gasteiger partial charge is 0.255 e. The van der Waals surface area contributed by atoms with E-state index in [1.165, 1.54) is 21.6 Å². The molecule has 2 amide bonds. The van der Waals surface area contributed by atoms with Crippen LogP contribution < -0.4 is 0 Å². The number of carbonyl (C=O) groups excluding carboxylic acids is 2. The number of nitrogens with zero attached hydrogens (tertiary/aromatic N) is 3. The van der Waals surface area contributed by atoms with Gasteiger partial charge in [0.25, 0.3) is 5.91 Å². The van der Waals surface area contributed by atoms with Crippen LogP contribution in [0.5, 0.6) is 0 Å². The van der Waals surface area contributed by atoms with Gasteiger partial charge in [-0.05, 0) is 60.0 Å². The Kier molecular flexibility index (Phi) is 7.23. The molecule has 0 radical (unpaired) electrons. The Morgan fingerprint density at radius 2 is 1.66 bits per heavy atom. The van der Waals surface area contributed by atoms with Crippen molar-refractivity contribution in [1.29, 1.82) is 0 Å². The Labute approximate surface area is 215 Å². The highest BCUT2D eigenvalue weighted by Gasteiger charge is 2.33. The minimum Gasteiger partial charge on any atom is -0.340 e. The monoisotopic (exact) mass is 507 g/mol. The Balaban J connectivity index is 1.29. The number of halogens is 1. The number of fused-ring (bicyclic) bond motifs is 1. The molecule has 2 aliphatic rings. The molecule has 1 aromatic heterocycles. The van der Waals surface area contributed by atoms with Crippen LogP contribution in [0.25, 0.3) is 0 Å². The standard InChI is InChI=1S/C28H30ClN3O2S/c1-20-7-2-3-8-21(20)27-23-12-18-35-25(23)11-15-32(27)19-26(33)30-13-6-14-31(17-16-30)28(34)22-9-4-5-10-24(22)29/h2-5,7-10,12,18,27H,6,11,13-17,19H2,1H3/t27-/m1/s1. The lowest BCUT2D eigenvalue weighted by Crippen LogP contribution is -2.45. The molecule has 2 aliphatic heterocycles. The zero-order chi connectivity index (χ0) is 24.4. The summed E-state index contributed by atoms with van der Waals surface area (Å²) in [4.78, 5) is 34.0. The number of hydrogen-bond donors (Lipinski definition) is 0. The molecule has 182 valence electrons. The van der Waals surface area contributed by atoms with E-state index in [0.717, 1.165) is 19.4 Å². The van der Waals surface area contributed by atoms with Gasteiger partial charge < -0.3 is 9.80 Å². The lowest BCUT2D eigenvalue weighted by atomic mass is 9.90. The van der Waals surface area contributed by atoms with Crippen LogP contribution in [-0.4, -0.2) is 65.8 Å². The van der Waals surface area contributed by atoms with E-state index in [1.54, 1.807) is 12.1 Å². The number of thiophene rings is 1. The molecule has 0 spiro atoms. The second-order valence-electron chi connectivity index (χ2n) is 9.29. The summed E-state index contributed by atoms with van der Waals surface area (Å²) in [6.07, 6.45) is 1.74. The normalized spacial score (nSPS) is 18.7. The van der Waals surface area contributed by atoms with Gasteiger partial charge in [0.1, 0.15) is 0 Å². The maximum Gasteiger partial charge on any atom is 0.255 e. The van der Waals surface area contributed by atoms with E-state index < -0.39 is 0 Å². The molecular weight excluding hydrogens is 478 g/mol. The van der Waals surface area contributed by atoms with E-state index in [0.29, 0.717) is 43.3 Å². The highest BCUT2D eigenvalue weighted by molar-refractivity contribution is 7.10. The zero-order valence-corrected chi connectivity index (χ0v) is 21.5. The van der Waals surface area contributed by atoms with E-state index in [-0.39, 0.29) is 17.9 Å². The van der Waals surface area contributed by atoms with Crippen molar-refractivity contribution in [3.8, 4) is 0 Å². The molecule has 35 heavy (non-hydrogen) atoms. The minimum atomic E-state index is -0.0643. The lowest BCUT2D eigenvalue weighted by Gasteiger charge is -2.37. The summed E-state index contributed by atoms with van der Waals surface area (Å²) in [5.74, 6) is 0.0693. The Hall–Kier alpha value is -2.67. The summed E-state index contributed by atoms with van der Waals surface area (Å²) >= 11 is 8.07. The summed E-state index contributed by atoms with van der Waals surface area (Å²) in [5, 5.41) is 2.63. The average molecular weight is 508 g/mol. The van der Waals surface area contributed by atoms with Crippen molar-refractivity contribution < 1.29 is 9.59 Å². The molecule has 0 bridgehead atoms. The molecule has 0 unspecified atom stereocenters. The van der Waals surface area contributed by atoms with Crippen LogP contribution in [0.4, 0.5) is 0 Å². The predicted octanol–water partition coefficient (Wildman–Crippen LogP) is 5.03. The first-order valence-electron chi connectivity index (χ1n) is 12.2. The number of amides is 2. The van der Waals surface area contributed by atoms with Crippen LogP contribution in [0.15, 0.2) is 60.0 Å². The van der Waals surface area contributed by atoms with E-state index in [2.05, 4.69) is 47.5 Å². The molecule has 0 aliphatic carbocycles. The van der Waals surface area contributed by atoms with E-state index in [4.69, 9.17) is 11.6 Å². The van der Waals surface area contributed by atoms with Crippen LogP contribution in [0.2, 0.25) is 5.02 Å². The van der Waals surface area contributed by atoms with Gasteiger partial charge in [-0.1, -0.05) is 48.0 Å². The van der Waals surface area contributed by atoms with Crippen molar-refractivity contribution in [3.63, 3.8) is 0 Å². The zero-order valence-electron chi connectivity index (χ0n) is 20.0. The predicted molar refractivity (Wildman–Crippen MR) is 141 cm³/mol. The van der Waals surface area contributed by atoms with Crippen LogP contribution in [-0.2, 0) is 11.2 Å².